The molecule has 2 bridgehead atoms. The van der Waals surface area contributed by atoms with E-state index in [4.69, 9.17) is 14.2 Å². The van der Waals surface area contributed by atoms with Crippen molar-refractivity contribution in [2.45, 2.75) is 49.7 Å². The van der Waals surface area contributed by atoms with Gasteiger partial charge in [-0.25, -0.2) is 0 Å². The van der Waals surface area contributed by atoms with Crippen molar-refractivity contribution >= 4 is 0 Å². The van der Waals surface area contributed by atoms with Crippen LogP contribution in [0.2, 0.25) is 0 Å². The number of rotatable bonds is 6. The van der Waals surface area contributed by atoms with Crippen LogP contribution in [0.25, 0.3) is 0 Å². The first-order valence-electron chi connectivity index (χ1n) is 9.87. The molecule has 4 aliphatic rings. The van der Waals surface area contributed by atoms with Gasteiger partial charge in [-0.15, -0.1) is 0 Å². The van der Waals surface area contributed by atoms with Crippen molar-refractivity contribution in [3.63, 3.8) is 0 Å². The van der Waals surface area contributed by atoms with E-state index in [1.54, 1.807) is 0 Å². The van der Waals surface area contributed by atoms with Crippen LogP contribution in [-0.4, -0.2) is 18.8 Å². The number of hydrogen-bond acceptors (Lipinski definition) is 3. The van der Waals surface area contributed by atoms with E-state index >= 15 is 0 Å². The molecule has 3 nitrogen and oxygen atoms in total. The molecule has 2 aromatic carbocycles. The summed E-state index contributed by atoms with van der Waals surface area (Å²) < 4.78 is 18.8. The molecule has 0 radical (unpaired) electrons. The minimum Gasteiger partial charge on any atom is -0.457 e. The summed E-state index contributed by atoms with van der Waals surface area (Å²) in [7, 11) is 0. The molecular weight excluding hydrogens is 324 g/mol. The monoisotopic (exact) mass is 350 g/mol. The molecular formula is C23H26O3. The van der Waals surface area contributed by atoms with Gasteiger partial charge in [-0.05, 0) is 74.3 Å². The van der Waals surface area contributed by atoms with E-state index in [9.17, 15) is 0 Å². The van der Waals surface area contributed by atoms with Gasteiger partial charge in [0.1, 0.15) is 11.5 Å². The Bertz CT molecular complexity index is 742. The highest BCUT2D eigenvalue weighted by atomic mass is 16.6. The molecule has 4 fully saturated rings. The van der Waals surface area contributed by atoms with E-state index in [1.165, 1.54) is 18.4 Å². The van der Waals surface area contributed by atoms with Crippen molar-refractivity contribution in [2.75, 3.05) is 13.2 Å². The van der Waals surface area contributed by atoms with Crippen molar-refractivity contribution in [2.24, 2.45) is 5.92 Å². The number of benzene rings is 2. The van der Waals surface area contributed by atoms with E-state index in [-0.39, 0.29) is 11.2 Å². The zero-order valence-electron chi connectivity index (χ0n) is 15.2. The topological polar surface area (TPSA) is 27.7 Å². The average Bonchev–Trinajstić information content (AvgIpc) is 3.54. The fourth-order valence-corrected chi connectivity index (χ4v) is 4.27. The summed E-state index contributed by atoms with van der Waals surface area (Å²) in [4.78, 5) is 0. The average molecular weight is 350 g/mol. The Hall–Kier alpha value is -1.84. The van der Waals surface area contributed by atoms with Crippen LogP contribution in [0.5, 0.6) is 11.5 Å². The van der Waals surface area contributed by atoms with Crippen LogP contribution >= 0.6 is 0 Å². The predicted molar refractivity (Wildman–Crippen MR) is 100 cm³/mol. The molecule has 2 saturated carbocycles. The van der Waals surface area contributed by atoms with Gasteiger partial charge in [0.25, 0.3) is 0 Å². The second-order valence-electron chi connectivity index (χ2n) is 8.16. The Balaban J connectivity index is 1.30. The first-order valence-corrected chi connectivity index (χ1v) is 9.87. The molecule has 136 valence electrons. The summed E-state index contributed by atoms with van der Waals surface area (Å²) in [5, 5.41) is 0. The van der Waals surface area contributed by atoms with Crippen molar-refractivity contribution in [3.05, 3.63) is 60.2 Å². The van der Waals surface area contributed by atoms with Crippen molar-refractivity contribution in [1.29, 1.82) is 0 Å². The molecule has 2 aliphatic heterocycles. The molecule has 0 atom stereocenters. The molecule has 2 heterocycles. The number of fused-ring (bicyclic) bond motifs is 3. The van der Waals surface area contributed by atoms with Crippen LogP contribution in [-0.2, 0) is 15.1 Å². The zero-order chi connectivity index (χ0) is 17.5. The fraction of sp³-hybridized carbons (Fsp3) is 0.478. The molecule has 6 rings (SSSR count). The maximum absolute atomic E-state index is 6.43. The maximum atomic E-state index is 6.43. The zero-order valence-corrected chi connectivity index (χ0v) is 15.2. The Morgan fingerprint density at radius 2 is 1.65 bits per heavy atom. The van der Waals surface area contributed by atoms with E-state index in [0.29, 0.717) is 0 Å². The molecule has 0 amide bonds. The molecule has 2 aliphatic carbocycles. The van der Waals surface area contributed by atoms with Gasteiger partial charge in [-0.2, -0.15) is 0 Å². The van der Waals surface area contributed by atoms with Crippen LogP contribution in [0.4, 0.5) is 0 Å². The molecule has 2 saturated heterocycles. The molecule has 0 aromatic heterocycles. The highest BCUT2D eigenvalue weighted by molar-refractivity contribution is 5.37. The third kappa shape index (κ3) is 3.15. The SMILES string of the molecule is c1ccc(Oc2cccc(C34CCC(OCC5CC5)(CC3)CO4)c2)cc1. The van der Waals surface area contributed by atoms with Crippen molar-refractivity contribution < 1.29 is 14.2 Å². The van der Waals surface area contributed by atoms with Gasteiger partial charge >= 0.3 is 0 Å². The molecule has 0 spiro atoms. The highest BCUT2D eigenvalue weighted by Crippen LogP contribution is 2.51. The van der Waals surface area contributed by atoms with Gasteiger partial charge in [0, 0.05) is 0 Å². The Labute approximate surface area is 155 Å². The van der Waals surface area contributed by atoms with Crippen LogP contribution < -0.4 is 4.74 Å². The van der Waals surface area contributed by atoms with Gasteiger partial charge in [0.05, 0.1) is 24.4 Å². The highest BCUT2D eigenvalue weighted by Gasteiger charge is 2.51. The smallest absolute Gasteiger partial charge is 0.127 e. The molecule has 3 heteroatoms. The summed E-state index contributed by atoms with van der Waals surface area (Å²) in [5.74, 6) is 2.55. The lowest BCUT2D eigenvalue weighted by Gasteiger charge is -2.53. The lowest BCUT2D eigenvalue weighted by molar-refractivity contribution is -0.241. The van der Waals surface area contributed by atoms with Gasteiger partial charge < -0.3 is 14.2 Å². The Morgan fingerprint density at radius 1 is 0.885 bits per heavy atom. The maximum Gasteiger partial charge on any atom is 0.127 e. The normalized spacial score (nSPS) is 30.3. The van der Waals surface area contributed by atoms with Gasteiger partial charge in [-0.3, -0.25) is 0 Å². The minimum atomic E-state index is -0.166. The first kappa shape index (κ1) is 16.3. The fourth-order valence-electron chi connectivity index (χ4n) is 4.27. The first-order chi connectivity index (χ1) is 12.8. The van der Waals surface area contributed by atoms with Crippen molar-refractivity contribution in [3.8, 4) is 11.5 Å². The van der Waals surface area contributed by atoms with Crippen LogP contribution in [0.1, 0.15) is 44.1 Å². The number of para-hydroxylation sites is 1. The van der Waals surface area contributed by atoms with E-state index in [0.717, 1.165) is 56.3 Å². The Kier molecular flexibility index (Phi) is 4.02. The molecule has 26 heavy (non-hydrogen) atoms. The lowest BCUT2D eigenvalue weighted by Crippen LogP contribution is -2.54. The third-order valence-electron chi connectivity index (χ3n) is 6.24. The van der Waals surface area contributed by atoms with Crippen molar-refractivity contribution in [1.82, 2.24) is 0 Å². The van der Waals surface area contributed by atoms with Gasteiger partial charge in [0.2, 0.25) is 0 Å². The molecule has 2 aromatic rings. The van der Waals surface area contributed by atoms with Crippen LogP contribution in [0.3, 0.4) is 0 Å². The summed E-state index contributed by atoms with van der Waals surface area (Å²) in [5.41, 5.74) is 1.05. The van der Waals surface area contributed by atoms with Crippen LogP contribution in [0, 0.1) is 5.92 Å². The van der Waals surface area contributed by atoms with E-state index in [2.05, 4.69) is 18.2 Å². The van der Waals surface area contributed by atoms with Crippen LogP contribution in [0.15, 0.2) is 54.6 Å². The van der Waals surface area contributed by atoms with Gasteiger partial charge in [-0.1, -0.05) is 30.3 Å². The quantitative estimate of drug-likeness (QED) is 0.694. The molecule has 0 unspecified atom stereocenters. The van der Waals surface area contributed by atoms with Gasteiger partial charge in [0.15, 0.2) is 0 Å². The third-order valence-corrected chi connectivity index (χ3v) is 6.24. The number of hydrogen-bond donors (Lipinski definition) is 0. The summed E-state index contributed by atoms with van der Waals surface area (Å²) in [6.45, 7) is 1.65. The Morgan fingerprint density at radius 3 is 2.35 bits per heavy atom. The van der Waals surface area contributed by atoms with E-state index < -0.39 is 0 Å². The minimum absolute atomic E-state index is 0.0253. The molecule has 0 N–H and O–H groups in total. The largest absolute Gasteiger partial charge is 0.457 e. The summed E-state index contributed by atoms with van der Waals surface area (Å²) in [6.07, 6.45) is 6.95. The lowest BCUT2D eigenvalue weighted by atomic mass is 9.70. The van der Waals surface area contributed by atoms with E-state index in [1.807, 2.05) is 36.4 Å². The standard InChI is InChI=1S/C23H26O3/c1-2-6-20(7-3-1)26-21-8-4-5-19(15-21)23-13-11-22(12-14-23,17-25-23)24-16-18-9-10-18/h1-8,15,18H,9-14,16-17H2. The predicted octanol–water partition coefficient (Wildman–Crippen LogP) is 5.44. The number of ether oxygens (including phenoxy) is 3. The second-order valence-corrected chi connectivity index (χ2v) is 8.16. The summed E-state index contributed by atoms with van der Waals surface area (Å²) >= 11 is 0. The summed E-state index contributed by atoms with van der Waals surface area (Å²) in [6, 6.07) is 18.4. The second kappa shape index (κ2) is 6.40.